The van der Waals surface area contributed by atoms with Crippen LogP contribution < -0.4 is 16.4 Å². The van der Waals surface area contributed by atoms with Gasteiger partial charge in [-0.2, -0.15) is 0 Å². The Labute approximate surface area is 152 Å². The molecule has 0 aromatic heterocycles. The predicted molar refractivity (Wildman–Crippen MR) is 105 cm³/mol. The Bertz CT molecular complexity index is 732. The molecule has 0 aliphatic carbocycles. The van der Waals surface area contributed by atoms with Crippen LogP contribution in [0.5, 0.6) is 0 Å². The van der Waals surface area contributed by atoms with Gasteiger partial charge in [-0.15, -0.1) is 0 Å². The number of alkyl carbamates (subject to hydrolysis) is 1. The van der Waals surface area contributed by atoms with Crippen molar-refractivity contribution in [2.24, 2.45) is 5.73 Å². The van der Waals surface area contributed by atoms with Crippen LogP contribution in [0.1, 0.15) is 17.5 Å². The van der Waals surface area contributed by atoms with Crippen molar-refractivity contribution in [2.45, 2.75) is 13.0 Å². The number of ether oxygens (including phenoxy) is 1. The number of hydrogen-bond acceptors (Lipinski definition) is 3. The number of benzene rings is 2. The van der Waals surface area contributed by atoms with Crippen LogP contribution in [0.15, 0.2) is 60.7 Å². The van der Waals surface area contributed by atoms with E-state index in [1.807, 2.05) is 66.7 Å². The SMILES string of the molecule is NC(=S)Nc1cccc(C=CCCNC(=O)OCc2ccccc2)c1. The molecule has 0 unspecified atom stereocenters. The predicted octanol–water partition coefficient (Wildman–Crippen LogP) is 3.67. The van der Waals surface area contributed by atoms with E-state index in [-0.39, 0.29) is 11.7 Å². The third kappa shape index (κ3) is 7.50. The lowest BCUT2D eigenvalue weighted by Gasteiger charge is -2.06. The fraction of sp³-hybridized carbons (Fsp3) is 0.158. The maximum absolute atomic E-state index is 11.6. The summed E-state index contributed by atoms with van der Waals surface area (Å²) in [5.74, 6) is 0. The minimum Gasteiger partial charge on any atom is -0.445 e. The van der Waals surface area contributed by atoms with Gasteiger partial charge < -0.3 is 21.1 Å². The molecule has 0 saturated heterocycles. The average Bonchev–Trinajstić information content (AvgIpc) is 2.60. The van der Waals surface area contributed by atoms with Crippen molar-refractivity contribution in [3.05, 3.63) is 71.8 Å². The lowest BCUT2D eigenvalue weighted by atomic mass is 10.2. The summed E-state index contributed by atoms with van der Waals surface area (Å²) in [6.07, 6.45) is 4.24. The van der Waals surface area contributed by atoms with Crippen LogP contribution >= 0.6 is 12.2 Å². The van der Waals surface area contributed by atoms with Gasteiger partial charge in [0.05, 0.1) is 0 Å². The van der Waals surface area contributed by atoms with Gasteiger partial charge in [-0.1, -0.05) is 54.6 Å². The number of nitrogens with two attached hydrogens (primary N) is 1. The third-order valence-corrected chi connectivity index (χ3v) is 3.36. The molecule has 0 bridgehead atoms. The van der Waals surface area contributed by atoms with Crippen LogP contribution in [0.2, 0.25) is 0 Å². The van der Waals surface area contributed by atoms with Crippen molar-refractivity contribution in [3.8, 4) is 0 Å². The van der Waals surface area contributed by atoms with E-state index in [0.29, 0.717) is 13.0 Å². The van der Waals surface area contributed by atoms with Gasteiger partial charge in [0.2, 0.25) is 0 Å². The van der Waals surface area contributed by atoms with Gasteiger partial charge in [0.1, 0.15) is 6.61 Å². The summed E-state index contributed by atoms with van der Waals surface area (Å²) in [7, 11) is 0. The third-order valence-electron chi connectivity index (χ3n) is 3.26. The van der Waals surface area contributed by atoms with Crippen LogP contribution in [0.4, 0.5) is 10.5 Å². The minimum atomic E-state index is -0.417. The highest BCUT2D eigenvalue weighted by molar-refractivity contribution is 7.80. The summed E-state index contributed by atoms with van der Waals surface area (Å²) in [4.78, 5) is 11.6. The number of rotatable bonds is 7. The second-order valence-corrected chi connectivity index (χ2v) is 5.73. The molecule has 130 valence electrons. The molecule has 0 spiro atoms. The summed E-state index contributed by atoms with van der Waals surface area (Å²) < 4.78 is 5.14. The Kier molecular flexibility index (Phi) is 7.46. The van der Waals surface area contributed by atoms with E-state index < -0.39 is 6.09 Å². The normalized spacial score (nSPS) is 10.4. The van der Waals surface area contributed by atoms with Crippen molar-refractivity contribution in [1.82, 2.24) is 5.32 Å². The highest BCUT2D eigenvalue weighted by Gasteiger charge is 2.00. The highest BCUT2D eigenvalue weighted by Crippen LogP contribution is 2.12. The van der Waals surface area contributed by atoms with Crippen LogP contribution in [0.3, 0.4) is 0 Å². The van der Waals surface area contributed by atoms with E-state index in [9.17, 15) is 4.79 Å². The first-order valence-electron chi connectivity index (χ1n) is 7.91. The van der Waals surface area contributed by atoms with E-state index in [2.05, 4.69) is 10.6 Å². The van der Waals surface area contributed by atoms with Crippen molar-refractivity contribution >= 4 is 35.2 Å². The van der Waals surface area contributed by atoms with Crippen LogP contribution in [-0.2, 0) is 11.3 Å². The first-order chi connectivity index (χ1) is 12.1. The van der Waals surface area contributed by atoms with Crippen molar-refractivity contribution in [3.63, 3.8) is 0 Å². The molecule has 1 amide bonds. The van der Waals surface area contributed by atoms with Crippen LogP contribution in [0, 0.1) is 0 Å². The lowest BCUT2D eigenvalue weighted by Crippen LogP contribution is -2.24. The molecular formula is C19H21N3O2S. The smallest absolute Gasteiger partial charge is 0.407 e. The summed E-state index contributed by atoms with van der Waals surface area (Å²) in [5.41, 5.74) is 8.28. The van der Waals surface area contributed by atoms with Gasteiger partial charge in [-0.3, -0.25) is 0 Å². The van der Waals surface area contributed by atoms with Crippen molar-refractivity contribution in [2.75, 3.05) is 11.9 Å². The Morgan fingerprint density at radius 2 is 1.96 bits per heavy atom. The van der Waals surface area contributed by atoms with Gasteiger partial charge in [-0.25, -0.2) is 4.79 Å². The van der Waals surface area contributed by atoms with Crippen LogP contribution in [-0.4, -0.2) is 17.8 Å². The maximum atomic E-state index is 11.6. The van der Waals surface area contributed by atoms with E-state index in [0.717, 1.165) is 16.8 Å². The van der Waals surface area contributed by atoms with Gasteiger partial charge in [0.15, 0.2) is 5.11 Å². The summed E-state index contributed by atoms with van der Waals surface area (Å²) in [5, 5.41) is 5.84. The molecule has 25 heavy (non-hydrogen) atoms. The van der Waals surface area contributed by atoms with Gasteiger partial charge in [0.25, 0.3) is 0 Å². The monoisotopic (exact) mass is 355 g/mol. The molecule has 4 N–H and O–H groups in total. The number of amides is 1. The quantitative estimate of drug-likeness (QED) is 0.522. The standard InChI is InChI=1S/C19H21N3O2S/c20-18(25)22-17-11-6-10-15(13-17)7-4-5-12-21-19(23)24-14-16-8-2-1-3-9-16/h1-4,6-11,13H,5,12,14H2,(H,21,23)(H3,20,22,25). The van der Waals surface area contributed by atoms with Gasteiger partial charge in [0, 0.05) is 12.2 Å². The molecule has 0 fully saturated rings. The molecular weight excluding hydrogens is 334 g/mol. The number of nitrogens with one attached hydrogen (secondary N) is 2. The van der Waals surface area contributed by atoms with E-state index >= 15 is 0 Å². The second-order valence-electron chi connectivity index (χ2n) is 5.29. The molecule has 0 radical (unpaired) electrons. The van der Waals surface area contributed by atoms with Crippen molar-refractivity contribution in [1.29, 1.82) is 0 Å². The molecule has 0 heterocycles. The Balaban J connectivity index is 1.67. The number of carbonyl (C=O) groups excluding carboxylic acids is 1. The number of thiocarbonyl (C=S) groups is 1. The molecule has 2 rings (SSSR count). The molecule has 2 aromatic carbocycles. The molecule has 0 aliphatic rings. The number of anilines is 1. The van der Waals surface area contributed by atoms with Gasteiger partial charge in [-0.05, 0) is 41.9 Å². The largest absolute Gasteiger partial charge is 0.445 e. The first kappa shape index (κ1) is 18.5. The first-order valence-corrected chi connectivity index (χ1v) is 8.32. The molecule has 0 atom stereocenters. The minimum absolute atomic E-state index is 0.236. The van der Waals surface area contributed by atoms with E-state index in [1.54, 1.807) is 0 Å². The molecule has 5 nitrogen and oxygen atoms in total. The fourth-order valence-electron chi connectivity index (χ4n) is 2.11. The number of hydrogen-bond donors (Lipinski definition) is 3. The van der Waals surface area contributed by atoms with Gasteiger partial charge >= 0.3 is 6.09 Å². The Hall–Kier alpha value is -2.86. The summed E-state index contributed by atoms with van der Waals surface area (Å²) >= 11 is 4.82. The Morgan fingerprint density at radius 1 is 1.16 bits per heavy atom. The zero-order valence-electron chi connectivity index (χ0n) is 13.8. The average molecular weight is 355 g/mol. The lowest BCUT2D eigenvalue weighted by molar-refractivity contribution is 0.140. The zero-order chi connectivity index (χ0) is 17.9. The maximum Gasteiger partial charge on any atom is 0.407 e. The van der Waals surface area contributed by atoms with Crippen molar-refractivity contribution < 1.29 is 9.53 Å². The summed E-state index contributed by atoms with van der Waals surface area (Å²) in [6.45, 7) is 0.778. The topological polar surface area (TPSA) is 76.4 Å². The molecule has 6 heteroatoms. The number of carbonyl (C=O) groups is 1. The Morgan fingerprint density at radius 3 is 2.72 bits per heavy atom. The second kappa shape index (κ2) is 10.1. The highest BCUT2D eigenvalue weighted by atomic mass is 32.1. The molecule has 0 aliphatic heterocycles. The van der Waals surface area contributed by atoms with E-state index in [4.69, 9.17) is 22.7 Å². The van der Waals surface area contributed by atoms with E-state index in [1.165, 1.54) is 0 Å². The molecule has 2 aromatic rings. The fourth-order valence-corrected chi connectivity index (χ4v) is 2.23. The zero-order valence-corrected chi connectivity index (χ0v) is 14.6. The van der Waals surface area contributed by atoms with Crippen LogP contribution in [0.25, 0.3) is 6.08 Å². The summed E-state index contributed by atoms with van der Waals surface area (Å²) in [6, 6.07) is 17.3. The molecule has 0 saturated carbocycles.